The average Bonchev–Trinajstić information content (AvgIpc) is 2.43. The van der Waals surface area contributed by atoms with Crippen LogP contribution in [0.4, 0.5) is 0 Å². The van der Waals surface area contributed by atoms with Gasteiger partial charge in [-0.05, 0) is 31.1 Å². The molecule has 2 aliphatic carbocycles. The second-order valence-electron chi connectivity index (χ2n) is 3.84. The first kappa shape index (κ1) is 7.10. The molecule has 0 aromatic carbocycles. The lowest BCUT2D eigenvalue weighted by Gasteiger charge is -2.21. The zero-order valence-electron chi connectivity index (χ0n) is 6.36. The van der Waals surface area contributed by atoms with Crippen molar-refractivity contribution in [1.29, 1.82) is 0 Å². The molecule has 2 saturated carbocycles. The van der Waals surface area contributed by atoms with Gasteiger partial charge in [0.05, 0.1) is 5.92 Å². The lowest BCUT2D eigenvalue weighted by Crippen LogP contribution is -2.32. The third-order valence-corrected chi connectivity index (χ3v) is 3.23. The van der Waals surface area contributed by atoms with Crippen molar-refractivity contribution in [3.05, 3.63) is 0 Å². The number of hydrogen-bond acceptors (Lipinski definition) is 2. The molecule has 0 aromatic rings. The Balaban J connectivity index is 2.08. The van der Waals surface area contributed by atoms with Crippen molar-refractivity contribution in [2.75, 3.05) is 0 Å². The molecule has 2 fully saturated rings. The van der Waals surface area contributed by atoms with Crippen LogP contribution in [0.25, 0.3) is 0 Å². The molecule has 3 N–H and O–H groups in total. The number of aliphatic carboxylic acids is 1. The molecule has 4 atom stereocenters. The highest BCUT2D eigenvalue weighted by Gasteiger charge is 2.47. The van der Waals surface area contributed by atoms with Crippen LogP contribution in [0.2, 0.25) is 0 Å². The van der Waals surface area contributed by atoms with E-state index in [0.717, 1.165) is 19.3 Å². The highest BCUT2D eigenvalue weighted by atomic mass is 16.4. The molecule has 0 aromatic heterocycles. The summed E-state index contributed by atoms with van der Waals surface area (Å²) in [6.07, 6.45) is 2.81. The molecule has 3 nitrogen and oxygen atoms in total. The van der Waals surface area contributed by atoms with Crippen LogP contribution in [-0.2, 0) is 4.79 Å². The monoisotopic (exact) mass is 155 g/mol. The predicted octanol–water partition coefficient (Wildman–Crippen LogP) is 0.444. The van der Waals surface area contributed by atoms with Crippen LogP contribution in [-0.4, -0.2) is 17.1 Å². The van der Waals surface area contributed by atoms with E-state index in [9.17, 15) is 4.79 Å². The normalized spacial score (nSPS) is 48.1. The van der Waals surface area contributed by atoms with Crippen LogP contribution >= 0.6 is 0 Å². The van der Waals surface area contributed by atoms with E-state index in [0.29, 0.717) is 11.8 Å². The first-order valence-electron chi connectivity index (χ1n) is 4.17. The fourth-order valence-electron chi connectivity index (χ4n) is 2.62. The van der Waals surface area contributed by atoms with Crippen molar-refractivity contribution < 1.29 is 9.90 Å². The summed E-state index contributed by atoms with van der Waals surface area (Å²) < 4.78 is 0. The number of carboxylic acids is 1. The largest absolute Gasteiger partial charge is 0.481 e. The van der Waals surface area contributed by atoms with Crippen LogP contribution in [0.15, 0.2) is 0 Å². The van der Waals surface area contributed by atoms with Gasteiger partial charge in [-0.25, -0.2) is 0 Å². The van der Waals surface area contributed by atoms with Gasteiger partial charge in [0.15, 0.2) is 0 Å². The molecule has 62 valence electrons. The molecule has 0 spiro atoms. The minimum Gasteiger partial charge on any atom is -0.481 e. The van der Waals surface area contributed by atoms with E-state index in [4.69, 9.17) is 10.8 Å². The Hall–Kier alpha value is -0.570. The number of hydrogen-bond donors (Lipinski definition) is 2. The van der Waals surface area contributed by atoms with Crippen LogP contribution < -0.4 is 5.73 Å². The summed E-state index contributed by atoms with van der Waals surface area (Å²) in [6.45, 7) is 0. The SMILES string of the molecule is NC1C[C@H]2C[C@@H]1CC2C(=O)O. The number of nitrogens with two attached hydrogens (primary N) is 1. The molecule has 11 heavy (non-hydrogen) atoms. The maximum Gasteiger partial charge on any atom is 0.306 e. The fraction of sp³-hybridized carbons (Fsp3) is 0.875. The van der Waals surface area contributed by atoms with E-state index >= 15 is 0 Å². The summed E-state index contributed by atoms with van der Waals surface area (Å²) in [4.78, 5) is 10.7. The molecule has 3 heteroatoms. The summed E-state index contributed by atoms with van der Waals surface area (Å²) in [5, 5.41) is 8.78. The van der Waals surface area contributed by atoms with E-state index in [-0.39, 0.29) is 12.0 Å². The topological polar surface area (TPSA) is 63.3 Å². The second kappa shape index (κ2) is 2.21. The lowest BCUT2D eigenvalue weighted by atomic mass is 9.86. The summed E-state index contributed by atoms with van der Waals surface area (Å²) in [7, 11) is 0. The Bertz CT molecular complexity index is 191. The van der Waals surface area contributed by atoms with Crippen LogP contribution in [0, 0.1) is 17.8 Å². The third-order valence-electron chi connectivity index (χ3n) is 3.23. The van der Waals surface area contributed by atoms with Gasteiger partial charge in [0, 0.05) is 6.04 Å². The van der Waals surface area contributed by atoms with Gasteiger partial charge in [0.1, 0.15) is 0 Å². The minimum atomic E-state index is -0.621. The number of rotatable bonds is 1. The summed E-state index contributed by atoms with van der Waals surface area (Å²) in [5.41, 5.74) is 5.79. The van der Waals surface area contributed by atoms with Crippen molar-refractivity contribution in [2.24, 2.45) is 23.5 Å². The molecule has 0 heterocycles. The first-order valence-corrected chi connectivity index (χ1v) is 4.17. The Morgan fingerprint density at radius 3 is 2.36 bits per heavy atom. The van der Waals surface area contributed by atoms with Crippen LogP contribution in [0.5, 0.6) is 0 Å². The van der Waals surface area contributed by atoms with Gasteiger partial charge in [0.25, 0.3) is 0 Å². The molecule has 2 aliphatic rings. The molecule has 0 saturated heterocycles. The van der Waals surface area contributed by atoms with E-state index < -0.39 is 5.97 Å². The lowest BCUT2D eigenvalue weighted by molar-refractivity contribution is -0.143. The van der Waals surface area contributed by atoms with Crippen LogP contribution in [0.3, 0.4) is 0 Å². The maximum absolute atomic E-state index is 10.7. The molecule has 0 amide bonds. The van der Waals surface area contributed by atoms with Gasteiger partial charge < -0.3 is 10.8 Å². The van der Waals surface area contributed by atoms with E-state index in [1.165, 1.54) is 0 Å². The molecule has 0 aliphatic heterocycles. The van der Waals surface area contributed by atoms with Crippen LogP contribution in [0.1, 0.15) is 19.3 Å². The average molecular weight is 155 g/mol. The minimum absolute atomic E-state index is 0.0835. The Morgan fingerprint density at radius 2 is 2.00 bits per heavy atom. The van der Waals surface area contributed by atoms with Crippen molar-refractivity contribution in [3.8, 4) is 0 Å². The van der Waals surface area contributed by atoms with Gasteiger partial charge in [-0.3, -0.25) is 4.79 Å². The van der Waals surface area contributed by atoms with Gasteiger partial charge in [-0.2, -0.15) is 0 Å². The van der Waals surface area contributed by atoms with E-state index in [2.05, 4.69) is 0 Å². The second-order valence-corrected chi connectivity index (χ2v) is 3.84. The number of carboxylic acid groups (broad SMARTS) is 1. The van der Waals surface area contributed by atoms with Crippen molar-refractivity contribution in [3.63, 3.8) is 0 Å². The zero-order chi connectivity index (χ0) is 8.01. The van der Waals surface area contributed by atoms with E-state index in [1.807, 2.05) is 0 Å². The van der Waals surface area contributed by atoms with Crippen molar-refractivity contribution in [1.82, 2.24) is 0 Å². The molecule has 0 radical (unpaired) electrons. The summed E-state index contributed by atoms with van der Waals surface area (Å²) >= 11 is 0. The van der Waals surface area contributed by atoms with Gasteiger partial charge in [0.2, 0.25) is 0 Å². The molecule has 2 unspecified atom stereocenters. The molecule has 2 rings (SSSR count). The number of carbonyl (C=O) groups is 1. The van der Waals surface area contributed by atoms with Gasteiger partial charge in [-0.15, -0.1) is 0 Å². The van der Waals surface area contributed by atoms with Crippen molar-refractivity contribution in [2.45, 2.75) is 25.3 Å². The molecule has 2 bridgehead atoms. The Morgan fingerprint density at radius 1 is 1.27 bits per heavy atom. The zero-order valence-corrected chi connectivity index (χ0v) is 6.36. The molecular weight excluding hydrogens is 142 g/mol. The van der Waals surface area contributed by atoms with Gasteiger partial charge in [-0.1, -0.05) is 0 Å². The quantitative estimate of drug-likeness (QED) is 0.577. The smallest absolute Gasteiger partial charge is 0.306 e. The summed E-state index contributed by atoms with van der Waals surface area (Å²) in [6, 6.07) is 0.288. The Labute approximate surface area is 65.6 Å². The third kappa shape index (κ3) is 0.948. The van der Waals surface area contributed by atoms with E-state index in [1.54, 1.807) is 0 Å². The maximum atomic E-state index is 10.7. The molecular formula is C8H13NO2. The highest BCUT2D eigenvalue weighted by molar-refractivity contribution is 5.71. The first-order chi connectivity index (χ1) is 5.18. The van der Waals surface area contributed by atoms with Gasteiger partial charge >= 0.3 is 5.97 Å². The summed E-state index contributed by atoms with van der Waals surface area (Å²) in [5.74, 6) is 0.179. The Kier molecular flexibility index (Phi) is 1.42. The fourth-order valence-corrected chi connectivity index (χ4v) is 2.62. The number of fused-ring (bicyclic) bond motifs is 2. The van der Waals surface area contributed by atoms with Crippen molar-refractivity contribution >= 4 is 5.97 Å². The predicted molar refractivity (Wildman–Crippen MR) is 39.9 cm³/mol. The standard InChI is InChI=1S/C8H13NO2/c9-7-3-4-1-5(7)2-6(4)8(10)11/h4-7H,1-3,9H2,(H,10,11)/t4-,5-,6?,7?/m1/s1. The highest BCUT2D eigenvalue weighted by Crippen LogP contribution is 2.47.